The lowest BCUT2D eigenvalue weighted by Gasteiger charge is -2.26. The maximum absolute atomic E-state index is 13.4. The second-order valence-electron chi connectivity index (χ2n) is 6.97. The fourth-order valence-corrected chi connectivity index (χ4v) is 5.67. The van der Waals surface area contributed by atoms with Crippen molar-refractivity contribution in [2.24, 2.45) is 0 Å². The smallest absolute Gasteiger partial charge is 0.266 e. The van der Waals surface area contributed by atoms with Crippen LogP contribution in [0.3, 0.4) is 0 Å². The molecule has 1 aromatic carbocycles. The number of thiophene rings is 1. The third-order valence-electron chi connectivity index (χ3n) is 5.19. The number of fused-ring (bicyclic) bond motifs is 1. The van der Waals surface area contributed by atoms with E-state index in [1.54, 1.807) is 11.3 Å². The van der Waals surface area contributed by atoms with Crippen molar-refractivity contribution < 1.29 is 14.3 Å². The van der Waals surface area contributed by atoms with Crippen LogP contribution >= 0.6 is 22.7 Å². The monoisotopic (exact) mass is 412 g/mol. The Labute approximate surface area is 171 Å². The molecular weight excluding hydrogens is 392 g/mol. The van der Waals surface area contributed by atoms with Gasteiger partial charge in [0.1, 0.15) is 23.1 Å². The van der Waals surface area contributed by atoms with E-state index in [-0.39, 0.29) is 11.9 Å². The molecule has 0 bridgehead atoms. The summed E-state index contributed by atoms with van der Waals surface area (Å²) in [6.45, 7) is 3.84. The van der Waals surface area contributed by atoms with Crippen molar-refractivity contribution in [1.82, 2.24) is 9.88 Å². The highest BCUT2D eigenvalue weighted by molar-refractivity contribution is 7.22. The number of hydrogen-bond donors (Lipinski definition) is 0. The molecule has 0 radical (unpaired) electrons. The molecule has 1 unspecified atom stereocenters. The molecule has 7 heteroatoms. The van der Waals surface area contributed by atoms with Gasteiger partial charge in [0.05, 0.1) is 16.6 Å². The number of carbonyl (C=O) groups is 1. The average Bonchev–Trinajstić information content (AvgIpc) is 3.47. The highest BCUT2D eigenvalue weighted by Gasteiger charge is 2.33. The summed E-state index contributed by atoms with van der Waals surface area (Å²) in [5.41, 5.74) is 1.92. The van der Waals surface area contributed by atoms with Crippen LogP contribution in [-0.4, -0.2) is 35.5 Å². The summed E-state index contributed by atoms with van der Waals surface area (Å²) in [6.07, 6.45) is 1.96. The number of aromatic nitrogens is 1. The number of hydrogen-bond acceptors (Lipinski definition) is 6. The lowest BCUT2D eigenvalue weighted by atomic mass is 10.0. The Morgan fingerprint density at radius 1 is 1.21 bits per heavy atom. The van der Waals surface area contributed by atoms with Crippen molar-refractivity contribution in [3.63, 3.8) is 0 Å². The summed E-state index contributed by atoms with van der Waals surface area (Å²) in [5.74, 6) is 1.64. The summed E-state index contributed by atoms with van der Waals surface area (Å²) in [5, 5.41) is 2.96. The molecule has 1 atom stereocenters. The molecule has 5 nitrogen and oxygen atoms in total. The molecule has 3 aromatic rings. The topological polar surface area (TPSA) is 51.7 Å². The summed E-state index contributed by atoms with van der Waals surface area (Å²) in [7, 11) is 0. The van der Waals surface area contributed by atoms with Crippen LogP contribution in [0.15, 0.2) is 35.7 Å². The van der Waals surface area contributed by atoms with Gasteiger partial charge in [-0.05, 0) is 48.9 Å². The molecule has 4 heterocycles. The fourth-order valence-electron chi connectivity index (χ4n) is 3.85. The first kappa shape index (κ1) is 17.7. The van der Waals surface area contributed by atoms with Gasteiger partial charge >= 0.3 is 0 Å². The lowest BCUT2D eigenvalue weighted by Crippen LogP contribution is -2.30. The van der Waals surface area contributed by atoms with Crippen LogP contribution in [0.25, 0.3) is 9.88 Å². The third kappa shape index (κ3) is 3.08. The fraction of sp³-hybridized carbons (Fsp3) is 0.333. The number of amides is 1. The Balaban J connectivity index is 1.43. The van der Waals surface area contributed by atoms with E-state index in [1.807, 2.05) is 41.5 Å². The van der Waals surface area contributed by atoms with Crippen LogP contribution in [0, 0.1) is 6.92 Å². The molecule has 1 amide bonds. The van der Waals surface area contributed by atoms with Crippen LogP contribution in [0.1, 0.15) is 39.8 Å². The number of benzene rings is 1. The maximum atomic E-state index is 13.4. The number of likely N-dealkylation sites (tertiary alicyclic amines) is 1. The van der Waals surface area contributed by atoms with Crippen molar-refractivity contribution in [2.75, 3.05) is 19.8 Å². The molecular formula is C21H20N2O3S2. The van der Waals surface area contributed by atoms with Crippen molar-refractivity contribution in [1.29, 1.82) is 0 Å². The van der Waals surface area contributed by atoms with Gasteiger partial charge < -0.3 is 14.4 Å². The minimum absolute atomic E-state index is 0.0648. The first-order chi connectivity index (χ1) is 13.7. The van der Waals surface area contributed by atoms with E-state index in [1.165, 1.54) is 11.3 Å². The predicted octanol–water partition coefficient (Wildman–Crippen LogP) is 4.93. The Hall–Kier alpha value is -2.38. The van der Waals surface area contributed by atoms with E-state index in [4.69, 9.17) is 9.47 Å². The van der Waals surface area contributed by atoms with Crippen LogP contribution in [0.4, 0.5) is 0 Å². The van der Waals surface area contributed by atoms with Crippen LogP contribution in [-0.2, 0) is 0 Å². The van der Waals surface area contributed by atoms with Gasteiger partial charge in [0.15, 0.2) is 11.5 Å². The number of ether oxygens (including phenoxy) is 2. The highest BCUT2D eigenvalue weighted by atomic mass is 32.1. The molecule has 5 rings (SSSR count). The number of aryl methyl sites for hydroxylation is 1. The molecule has 0 aliphatic carbocycles. The SMILES string of the molecule is Cc1nc(-c2cccs2)sc1C(=O)N1CCCC1c1ccc2c(c1)OCCO2. The standard InChI is InChI=1S/C21H20N2O3S2/c1-13-19(28-20(22-13)18-5-3-11-27-18)21(24)23-8-2-4-15(23)14-6-7-16-17(12-14)26-10-9-25-16/h3,5-7,11-12,15H,2,4,8-10H2,1H3. The Kier molecular flexibility index (Phi) is 4.56. The van der Waals surface area contributed by atoms with Gasteiger partial charge in [-0.3, -0.25) is 4.79 Å². The molecule has 0 spiro atoms. The van der Waals surface area contributed by atoms with Gasteiger partial charge in [-0.1, -0.05) is 12.1 Å². The molecule has 0 N–H and O–H groups in total. The number of rotatable bonds is 3. The van der Waals surface area contributed by atoms with E-state index < -0.39 is 0 Å². The van der Waals surface area contributed by atoms with Crippen LogP contribution < -0.4 is 9.47 Å². The third-order valence-corrected chi connectivity index (χ3v) is 7.37. The Bertz CT molecular complexity index is 1010. The van der Waals surface area contributed by atoms with Gasteiger partial charge in [0, 0.05) is 6.54 Å². The summed E-state index contributed by atoms with van der Waals surface area (Å²) in [4.78, 5) is 21.9. The lowest BCUT2D eigenvalue weighted by molar-refractivity contribution is 0.0739. The maximum Gasteiger partial charge on any atom is 0.266 e. The zero-order valence-corrected chi connectivity index (χ0v) is 17.1. The normalized spacial score (nSPS) is 18.5. The molecule has 1 saturated heterocycles. The Morgan fingerprint density at radius 2 is 2.07 bits per heavy atom. The first-order valence-electron chi connectivity index (χ1n) is 9.42. The number of thiazole rings is 1. The average molecular weight is 413 g/mol. The molecule has 2 aliphatic heterocycles. The second-order valence-corrected chi connectivity index (χ2v) is 8.92. The van der Waals surface area contributed by atoms with Gasteiger partial charge in [0.2, 0.25) is 0 Å². The van der Waals surface area contributed by atoms with Crippen LogP contribution in [0.2, 0.25) is 0 Å². The summed E-state index contributed by atoms with van der Waals surface area (Å²) < 4.78 is 11.4. The zero-order chi connectivity index (χ0) is 19.1. The zero-order valence-electron chi connectivity index (χ0n) is 15.5. The van der Waals surface area contributed by atoms with Crippen LogP contribution in [0.5, 0.6) is 11.5 Å². The van der Waals surface area contributed by atoms with E-state index in [9.17, 15) is 4.79 Å². The van der Waals surface area contributed by atoms with Gasteiger partial charge in [-0.15, -0.1) is 22.7 Å². The molecule has 0 saturated carbocycles. The molecule has 2 aliphatic rings. The number of nitrogens with zero attached hydrogens (tertiary/aromatic N) is 2. The second kappa shape index (κ2) is 7.22. The van der Waals surface area contributed by atoms with Gasteiger partial charge in [-0.2, -0.15) is 0 Å². The molecule has 1 fully saturated rings. The van der Waals surface area contributed by atoms with Crippen molar-refractivity contribution in [3.05, 3.63) is 51.8 Å². The number of carbonyl (C=O) groups excluding carboxylic acids is 1. The van der Waals surface area contributed by atoms with E-state index in [0.717, 1.165) is 56.9 Å². The first-order valence-corrected chi connectivity index (χ1v) is 11.1. The molecule has 28 heavy (non-hydrogen) atoms. The predicted molar refractivity (Wildman–Crippen MR) is 111 cm³/mol. The largest absolute Gasteiger partial charge is 0.486 e. The van der Waals surface area contributed by atoms with E-state index in [0.29, 0.717) is 13.2 Å². The van der Waals surface area contributed by atoms with Crippen molar-refractivity contribution in [2.45, 2.75) is 25.8 Å². The molecule has 2 aromatic heterocycles. The van der Waals surface area contributed by atoms with E-state index in [2.05, 4.69) is 11.1 Å². The van der Waals surface area contributed by atoms with Gasteiger partial charge in [0.25, 0.3) is 5.91 Å². The van der Waals surface area contributed by atoms with Gasteiger partial charge in [-0.25, -0.2) is 4.98 Å². The Morgan fingerprint density at radius 3 is 2.89 bits per heavy atom. The van der Waals surface area contributed by atoms with E-state index >= 15 is 0 Å². The molecule has 144 valence electrons. The highest BCUT2D eigenvalue weighted by Crippen LogP contribution is 2.40. The quantitative estimate of drug-likeness (QED) is 0.612. The summed E-state index contributed by atoms with van der Waals surface area (Å²) >= 11 is 3.15. The minimum atomic E-state index is 0.0648. The minimum Gasteiger partial charge on any atom is -0.486 e. The summed E-state index contributed by atoms with van der Waals surface area (Å²) in [6, 6.07) is 10.2. The van der Waals surface area contributed by atoms with Crippen molar-refractivity contribution >= 4 is 28.6 Å². The van der Waals surface area contributed by atoms with Crippen molar-refractivity contribution in [3.8, 4) is 21.4 Å².